The van der Waals surface area contributed by atoms with E-state index in [0.29, 0.717) is 13.0 Å². The highest BCUT2D eigenvalue weighted by Crippen LogP contribution is 2.28. The molecule has 7 heteroatoms. The molecule has 0 aromatic carbocycles. The number of rotatable bonds is 3. The van der Waals surface area contributed by atoms with Gasteiger partial charge in [0.1, 0.15) is 5.54 Å². The van der Waals surface area contributed by atoms with Crippen LogP contribution in [0.2, 0.25) is 0 Å². The Balaban J connectivity index is 1.77. The Bertz CT molecular complexity index is 522. The Morgan fingerprint density at radius 2 is 2.42 bits per heavy atom. The predicted molar refractivity (Wildman–Crippen MR) is 68.7 cm³/mol. The van der Waals surface area contributed by atoms with Crippen molar-refractivity contribution in [2.24, 2.45) is 0 Å². The number of amides is 3. The maximum Gasteiger partial charge on any atom is 0.325 e. The van der Waals surface area contributed by atoms with Gasteiger partial charge in [0.25, 0.3) is 5.91 Å². The highest BCUT2D eigenvalue weighted by molar-refractivity contribution is 7.09. The van der Waals surface area contributed by atoms with Crippen LogP contribution in [-0.2, 0) is 22.5 Å². The number of thiazole rings is 1. The van der Waals surface area contributed by atoms with Crippen LogP contribution in [0.3, 0.4) is 0 Å². The Morgan fingerprint density at radius 1 is 1.58 bits per heavy atom. The topological polar surface area (TPSA) is 71.5 Å². The van der Waals surface area contributed by atoms with Gasteiger partial charge in [0.05, 0.1) is 23.9 Å². The Hall–Kier alpha value is -1.47. The number of carbonyl (C=O) groups is 2. The lowest BCUT2D eigenvalue weighted by atomic mass is 9.99. The number of carbonyl (C=O) groups excluding carboxylic acids is 2. The zero-order chi connectivity index (χ0) is 13.5. The van der Waals surface area contributed by atoms with Gasteiger partial charge in [-0.3, -0.25) is 9.69 Å². The highest BCUT2D eigenvalue weighted by atomic mass is 32.1. The van der Waals surface area contributed by atoms with Crippen LogP contribution < -0.4 is 5.32 Å². The van der Waals surface area contributed by atoms with Crippen molar-refractivity contribution in [3.63, 3.8) is 0 Å². The van der Waals surface area contributed by atoms with Crippen LogP contribution in [0, 0.1) is 0 Å². The second-order valence-corrected chi connectivity index (χ2v) is 5.73. The molecule has 2 aliphatic rings. The monoisotopic (exact) mass is 281 g/mol. The summed E-state index contributed by atoms with van der Waals surface area (Å²) in [6, 6.07) is -0.346. The van der Waals surface area contributed by atoms with Crippen molar-refractivity contribution >= 4 is 23.3 Å². The van der Waals surface area contributed by atoms with Crippen LogP contribution in [0.4, 0.5) is 4.79 Å². The molecule has 1 atom stereocenters. The predicted octanol–water partition coefficient (Wildman–Crippen LogP) is 0.916. The van der Waals surface area contributed by atoms with E-state index in [0.717, 1.165) is 17.1 Å². The molecule has 1 spiro atoms. The number of urea groups is 1. The van der Waals surface area contributed by atoms with Gasteiger partial charge in [0.2, 0.25) is 0 Å². The summed E-state index contributed by atoms with van der Waals surface area (Å²) in [7, 11) is 0. The van der Waals surface area contributed by atoms with E-state index in [9.17, 15) is 9.59 Å². The summed E-state index contributed by atoms with van der Waals surface area (Å²) < 4.78 is 5.25. The summed E-state index contributed by atoms with van der Waals surface area (Å²) in [4.78, 5) is 29.9. The van der Waals surface area contributed by atoms with E-state index >= 15 is 0 Å². The van der Waals surface area contributed by atoms with Gasteiger partial charge in [-0.05, 0) is 6.42 Å². The smallest absolute Gasteiger partial charge is 0.325 e. The Kier molecular flexibility index (Phi) is 3.02. The molecule has 102 valence electrons. The summed E-state index contributed by atoms with van der Waals surface area (Å²) in [5.74, 6) is -0.193. The van der Waals surface area contributed by atoms with Gasteiger partial charge in [-0.1, -0.05) is 6.92 Å². The second kappa shape index (κ2) is 4.57. The molecule has 0 saturated carbocycles. The molecule has 2 saturated heterocycles. The zero-order valence-electron chi connectivity index (χ0n) is 10.6. The minimum absolute atomic E-state index is 0.193. The largest absolute Gasteiger partial charge is 0.378 e. The fourth-order valence-electron chi connectivity index (χ4n) is 2.40. The molecule has 1 N–H and O–H groups in total. The summed E-state index contributed by atoms with van der Waals surface area (Å²) in [6.45, 7) is 3.05. The molecule has 0 bridgehead atoms. The maximum atomic E-state index is 12.4. The van der Waals surface area contributed by atoms with Gasteiger partial charge < -0.3 is 10.1 Å². The quantitative estimate of drug-likeness (QED) is 0.836. The summed E-state index contributed by atoms with van der Waals surface area (Å²) in [5.41, 5.74) is -0.0675. The minimum Gasteiger partial charge on any atom is -0.378 e. The molecule has 19 heavy (non-hydrogen) atoms. The molecular formula is C12H15N3O3S. The number of aryl methyl sites for hydroxylation is 1. The average molecular weight is 281 g/mol. The van der Waals surface area contributed by atoms with Crippen molar-refractivity contribution in [2.75, 3.05) is 13.2 Å². The lowest BCUT2D eigenvalue weighted by molar-refractivity contribution is -0.131. The Morgan fingerprint density at radius 3 is 3.05 bits per heavy atom. The van der Waals surface area contributed by atoms with E-state index in [1.54, 1.807) is 11.3 Å². The van der Waals surface area contributed by atoms with Crippen LogP contribution in [0.5, 0.6) is 0 Å². The first-order valence-electron chi connectivity index (χ1n) is 6.30. The van der Waals surface area contributed by atoms with Gasteiger partial charge in [-0.2, -0.15) is 0 Å². The van der Waals surface area contributed by atoms with Crippen LogP contribution in [0.1, 0.15) is 24.0 Å². The number of nitrogens with one attached hydrogen (secondary N) is 1. The first kappa shape index (κ1) is 12.6. The molecule has 3 amide bonds. The third-order valence-electron chi connectivity index (χ3n) is 3.49. The number of imide groups is 1. The van der Waals surface area contributed by atoms with Crippen LogP contribution >= 0.6 is 11.3 Å². The van der Waals surface area contributed by atoms with Gasteiger partial charge in [-0.25, -0.2) is 9.78 Å². The van der Waals surface area contributed by atoms with Crippen LogP contribution in [0.15, 0.2) is 5.38 Å². The minimum atomic E-state index is -0.833. The number of hydrogen-bond donors (Lipinski definition) is 1. The maximum absolute atomic E-state index is 12.4. The van der Waals surface area contributed by atoms with E-state index in [1.165, 1.54) is 4.90 Å². The number of nitrogens with zero attached hydrogens (tertiary/aromatic N) is 2. The first-order chi connectivity index (χ1) is 9.14. The van der Waals surface area contributed by atoms with Gasteiger partial charge in [-0.15, -0.1) is 11.3 Å². The molecule has 3 heterocycles. The molecule has 2 fully saturated rings. The molecular weight excluding hydrogens is 266 g/mol. The van der Waals surface area contributed by atoms with Crippen molar-refractivity contribution in [1.29, 1.82) is 0 Å². The van der Waals surface area contributed by atoms with E-state index in [2.05, 4.69) is 10.3 Å². The fourth-order valence-corrected chi connectivity index (χ4v) is 3.13. The third kappa shape index (κ3) is 2.02. The van der Waals surface area contributed by atoms with E-state index < -0.39 is 5.54 Å². The molecule has 3 rings (SSSR count). The van der Waals surface area contributed by atoms with Crippen LogP contribution in [0.25, 0.3) is 0 Å². The van der Waals surface area contributed by atoms with Gasteiger partial charge >= 0.3 is 6.03 Å². The van der Waals surface area contributed by atoms with Crippen molar-refractivity contribution in [2.45, 2.75) is 31.8 Å². The summed E-state index contributed by atoms with van der Waals surface area (Å²) >= 11 is 1.55. The molecule has 2 aliphatic heterocycles. The zero-order valence-corrected chi connectivity index (χ0v) is 11.5. The van der Waals surface area contributed by atoms with E-state index in [1.807, 2.05) is 12.3 Å². The lowest BCUT2D eigenvalue weighted by Crippen LogP contribution is -2.47. The third-order valence-corrected chi connectivity index (χ3v) is 4.53. The van der Waals surface area contributed by atoms with Crippen LogP contribution in [-0.4, -0.2) is 40.6 Å². The number of aromatic nitrogens is 1. The molecule has 0 aliphatic carbocycles. The summed E-state index contributed by atoms with van der Waals surface area (Å²) in [5, 5.41) is 5.67. The molecule has 0 unspecified atom stereocenters. The van der Waals surface area contributed by atoms with Gasteiger partial charge in [0, 0.05) is 18.4 Å². The highest BCUT2D eigenvalue weighted by Gasteiger charge is 2.53. The summed E-state index contributed by atoms with van der Waals surface area (Å²) in [6.07, 6.45) is 1.41. The van der Waals surface area contributed by atoms with Gasteiger partial charge in [0.15, 0.2) is 0 Å². The molecule has 1 aromatic heterocycles. The molecule has 1 aromatic rings. The molecule has 0 radical (unpaired) electrons. The lowest BCUT2D eigenvalue weighted by Gasteiger charge is -2.17. The average Bonchev–Trinajstić information content (AvgIpc) is 3.08. The van der Waals surface area contributed by atoms with E-state index in [-0.39, 0.29) is 25.1 Å². The first-order valence-corrected chi connectivity index (χ1v) is 7.18. The number of hydrogen-bond acceptors (Lipinski definition) is 5. The normalized spacial score (nSPS) is 26.5. The Labute approximate surface area is 114 Å². The van der Waals surface area contributed by atoms with Crippen molar-refractivity contribution in [3.05, 3.63) is 16.1 Å². The molecule has 6 nitrogen and oxygen atoms in total. The van der Waals surface area contributed by atoms with Crippen molar-refractivity contribution < 1.29 is 14.3 Å². The fraction of sp³-hybridized carbons (Fsp3) is 0.583. The SMILES string of the molecule is CCc1nc(CN2C(=O)N[C@]3(CCOC3)C2=O)cs1. The standard InChI is InChI=1S/C12H15N3O3S/c1-2-9-13-8(6-19-9)5-15-10(16)12(14-11(15)17)3-4-18-7-12/h6H,2-5,7H2,1H3,(H,14,17)/t12-/m0/s1. The van der Waals surface area contributed by atoms with E-state index in [4.69, 9.17) is 4.74 Å². The second-order valence-electron chi connectivity index (χ2n) is 4.79. The van der Waals surface area contributed by atoms with Crippen molar-refractivity contribution in [1.82, 2.24) is 15.2 Å². The number of ether oxygens (including phenoxy) is 1. The van der Waals surface area contributed by atoms with Crippen molar-refractivity contribution in [3.8, 4) is 0 Å².